The molecule has 0 radical (unpaired) electrons. The summed E-state index contributed by atoms with van der Waals surface area (Å²) in [7, 11) is -3.88. The second-order valence-corrected chi connectivity index (χ2v) is 8.59. The molecule has 1 amide bonds. The topological polar surface area (TPSA) is 126 Å². The van der Waals surface area contributed by atoms with Crippen LogP contribution in [0.25, 0.3) is 11.0 Å². The van der Waals surface area contributed by atoms with Crippen molar-refractivity contribution >= 4 is 32.7 Å². The van der Waals surface area contributed by atoms with Crippen LogP contribution in [0.2, 0.25) is 0 Å². The van der Waals surface area contributed by atoms with Crippen molar-refractivity contribution in [2.45, 2.75) is 43.5 Å². The summed E-state index contributed by atoms with van der Waals surface area (Å²) in [5.41, 5.74) is 2.45. The molecule has 2 heterocycles. The Kier molecular flexibility index (Phi) is 4.60. The molecule has 0 saturated heterocycles. The van der Waals surface area contributed by atoms with Crippen LogP contribution in [0, 0.1) is 6.92 Å². The molecule has 1 aromatic carbocycles. The first kappa shape index (κ1) is 18.5. The molecule has 1 aliphatic carbocycles. The number of sulfonamides is 1. The Labute approximate surface area is 161 Å². The van der Waals surface area contributed by atoms with Gasteiger partial charge in [0.25, 0.3) is 10.0 Å². The van der Waals surface area contributed by atoms with E-state index in [0.29, 0.717) is 11.2 Å². The standard InChI is InChI=1S/C18H20N4O5S/c1-11-8-17(22(19-11)13-4-2-3-5-13)21-28(25,26)14-7-6-12-9-16(18(23)20-24)27-15(12)10-14/h6-10,13,21,24H,2-5H2,1H3,(H,20,23). The summed E-state index contributed by atoms with van der Waals surface area (Å²) in [6.07, 6.45) is 4.16. The van der Waals surface area contributed by atoms with Gasteiger partial charge in [-0.05, 0) is 38.0 Å². The zero-order chi connectivity index (χ0) is 19.9. The quantitative estimate of drug-likeness (QED) is 0.443. The van der Waals surface area contributed by atoms with E-state index in [0.717, 1.165) is 31.4 Å². The number of hydrogen-bond donors (Lipinski definition) is 3. The highest BCUT2D eigenvalue weighted by Gasteiger charge is 2.24. The molecule has 1 aliphatic rings. The monoisotopic (exact) mass is 404 g/mol. The maximum Gasteiger partial charge on any atom is 0.310 e. The fraction of sp³-hybridized carbons (Fsp3) is 0.333. The second-order valence-electron chi connectivity index (χ2n) is 6.91. The van der Waals surface area contributed by atoms with Gasteiger partial charge in [0.1, 0.15) is 11.4 Å². The normalized spacial score (nSPS) is 15.2. The van der Waals surface area contributed by atoms with E-state index in [1.54, 1.807) is 16.8 Å². The summed E-state index contributed by atoms with van der Waals surface area (Å²) < 4.78 is 35.5. The largest absolute Gasteiger partial charge is 0.451 e. The van der Waals surface area contributed by atoms with E-state index in [4.69, 9.17) is 9.62 Å². The summed E-state index contributed by atoms with van der Waals surface area (Å²) in [5, 5.41) is 13.7. The number of nitrogens with zero attached hydrogens (tertiary/aromatic N) is 2. The number of aromatic nitrogens is 2. The van der Waals surface area contributed by atoms with Crippen molar-refractivity contribution in [1.29, 1.82) is 0 Å². The number of carbonyl (C=O) groups is 1. The number of carbonyl (C=O) groups excluding carboxylic acids is 1. The van der Waals surface area contributed by atoms with E-state index in [1.165, 1.54) is 23.7 Å². The number of aryl methyl sites for hydroxylation is 1. The lowest BCUT2D eigenvalue weighted by Gasteiger charge is -2.15. The van der Waals surface area contributed by atoms with E-state index >= 15 is 0 Å². The minimum Gasteiger partial charge on any atom is -0.451 e. The summed E-state index contributed by atoms with van der Waals surface area (Å²) in [5.74, 6) is -0.492. The number of fused-ring (bicyclic) bond motifs is 1. The lowest BCUT2D eigenvalue weighted by molar-refractivity contribution is 0.0678. The van der Waals surface area contributed by atoms with Crippen molar-refractivity contribution in [2.75, 3.05) is 4.72 Å². The van der Waals surface area contributed by atoms with Crippen molar-refractivity contribution in [2.24, 2.45) is 0 Å². The van der Waals surface area contributed by atoms with E-state index in [-0.39, 0.29) is 22.3 Å². The Morgan fingerprint density at radius 2 is 2.00 bits per heavy atom. The number of rotatable bonds is 5. The molecule has 3 aromatic rings. The molecule has 0 atom stereocenters. The molecule has 1 fully saturated rings. The van der Waals surface area contributed by atoms with Crippen LogP contribution in [0.1, 0.15) is 48.0 Å². The predicted octanol–water partition coefficient (Wildman–Crippen LogP) is 2.97. The van der Waals surface area contributed by atoms with Crippen LogP contribution >= 0.6 is 0 Å². The molecule has 28 heavy (non-hydrogen) atoms. The summed E-state index contributed by atoms with van der Waals surface area (Å²) in [6.45, 7) is 1.83. The highest BCUT2D eigenvalue weighted by molar-refractivity contribution is 7.92. The Morgan fingerprint density at radius 3 is 2.71 bits per heavy atom. The van der Waals surface area contributed by atoms with Gasteiger partial charge in [-0.1, -0.05) is 12.8 Å². The van der Waals surface area contributed by atoms with E-state index < -0.39 is 15.9 Å². The van der Waals surface area contributed by atoms with Crippen LogP contribution in [0.4, 0.5) is 5.82 Å². The van der Waals surface area contributed by atoms with Crippen LogP contribution in [0.3, 0.4) is 0 Å². The molecule has 2 aromatic heterocycles. The summed E-state index contributed by atoms with van der Waals surface area (Å²) >= 11 is 0. The Bertz CT molecular complexity index is 1140. The number of benzene rings is 1. The molecule has 3 N–H and O–H groups in total. The molecular formula is C18H20N4O5S. The number of anilines is 1. The van der Waals surface area contributed by atoms with Gasteiger partial charge in [-0.2, -0.15) is 5.10 Å². The third-order valence-corrected chi connectivity index (χ3v) is 6.25. The SMILES string of the molecule is Cc1cc(NS(=O)(=O)c2ccc3cc(C(=O)NO)oc3c2)n(C2CCCC2)n1. The highest BCUT2D eigenvalue weighted by Crippen LogP contribution is 2.33. The Balaban J connectivity index is 1.66. The smallest absolute Gasteiger partial charge is 0.310 e. The number of hydroxylamine groups is 1. The van der Waals surface area contributed by atoms with Gasteiger partial charge >= 0.3 is 5.91 Å². The first-order valence-corrected chi connectivity index (χ1v) is 10.4. The van der Waals surface area contributed by atoms with Gasteiger partial charge in [0.2, 0.25) is 0 Å². The van der Waals surface area contributed by atoms with Crippen LogP contribution < -0.4 is 10.2 Å². The minimum atomic E-state index is -3.88. The van der Waals surface area contributed by atoms with Crippen molar-refractivity contribution in [3.8, 4) is 0 Å². The van der Waals surface area contributed by atoms with Crippen LogP contribution in [-0.4, -0.2) is 29.3 Å². The first-order valence-electron chi connectivity index (χ1n) is 8.94. The van der Waals surface area contributed by atoms with Crippen molar-refractivity contribution < 1.29 is 22.8 Å². The molecule has 0 aliphatic heterocycles. The van der Waals surface area contributed by atoms with Gasteiger partial charge in [0, 0.05) is 17.5 Å². The average molecular weight is 404 g/mol. The van der Waals surface area contributed by atoms with E-state index in [1.807, 2.05) is 6.92 Å². The second kappa shape index (κ2) is 6.95. The lowest BCUT2D eigenvalue weighted by atomic mass is 10.2. The fourth-order valence-corrected chi connectivity index (χ4v) is 4.62. The number of furan rings is 1. The maximum absolute atomic E-state index is 12.9. The van der Waals surface area contributed by atoms with Crippen molar-refractivity contribution in [3.63, 3.8) is 0 Å². The van der Waals surface area contributed by atoms with Gasteiger partial charge in [-0.25, -0.2) is 18.6 Å². The molecule has 9 nitrogen and oxygen atoms in total. The summed E-state index contributed by atoms with van der Waals surface area (Å²) in [6, 6.07) is 7.65. The maximum atomic E-state index is 12.9. The molecule has 1 saturated carbocycles. The number of hydrogen-bond acceptors (Lipinski definition) is 6. The van der Waals surface area contributed by atoms with Gasteiger partial charge in [0.05, 0.1) is 16.6 Å². The molecule has 148 valence electrons. The molecule has 0 unspecified atom stereocenters. The summed E-state index contributed by atoms with van der Waals surface area (Å²) in [4.78, 5) is 11.5. The average Bonchev–Trinajstić information content (AvgIpc) is 3.39. The zero-order valence-corrected chi connectivity index (χ0v) is 16.0. The molecule has 0 spiro atoms. The number of nitrogens with one attached hydrogen (secondary N) is 2. The predicted molar refractivity (Wildman–Crippen MR) is 101 cm³/mol. The minimum absolute atomic E-state index is 0.00197. The third-order valence-electron chi connectivity index (χ3n) is 4.89. The van der Waals surface area contributed by atoms with E-state index in [2.05, 4.69) is 9.82 Å². The van der Waals surface area contributed by atoms with Crippen LogP contribution in [0.5, 0.6) is 0 Å². The molecule has 4 rings (SSSR count). The van der Waals surface area contributed by atoms with Gasteiger partial charge in [-0.3, -0.25) is 14.7 Å². The van der Waals surface area contributed by atoms with E-state index in [9.17, 15) is 13.2 Å². The van der Waals surface area contributed by atoms with Crippen molar-refractivity contribution in [1.82, 2.24) is 15.3 Å². The number of amides is 1. The lowest BCUT2D eigenvalue weighted by Crippen LogP contribution is -2.18. The van der Waals surface area contributed by atoms with Gasteiger partial charge < -0.3 is 4.42 Å². The third kappa shape index (κ3) is 3.36. The van der Waals surface area contributed by atoms with Crippen molar-refractivity contribution in [3.05, 3.63) is 41.8 Å². The van der Waals surface area contributed by atoms with Crippen LogP contribution in [-0.2, 0) is 10.0 Å². The molecule has 10 heteroatoms. The van der Waals surface area contributed by atoms with Gasteiger partial charge in [0.15, 0.2) is 5.76 Å². The van der Waals surface area contributed by atoms with Crippen LogP contribution in [0.15, 0.2) is 39.6 Å². The molecular weight excluding hydrogens is 384 g/mol. The van der Waals surface area contributed by atoms with Gasteiger partial charge in [-0.15, -0.1) is 0 Å². The Hall–Kier alpha value is -2.85. The molecule has 0 bridgehead atoms. The fourth-order valence-electron chi connectivity index (χ4n) is 3.56. The first-order chi connectivity index (χ1) is 13.4. The highest BCUT2D eigenvalue weighted by atomic mass is 32.2. The Morgan fingerprint density at radius 1 is 1.25 bits per heavy atom. The zero-order valence-electron chi connectivity index (χ0n) is 15.2.